The van der Waals surface area contributed by atoms with Crippen LogP contribution in [-0.4, -0.2) is 35.0 Å². The molecule has 3 unspecified atom stereocenters. The number of aliphatic hydroxyl groups excluding tert-OH is 2. The molecule has 1 saturated carbocycles. The Bertz CT molecular complexity index is 170. The van der Waals surface area contributed by atoms with Gasteiger partial charge in [0, 0.05) is 18.0 Å². The van der Waals surface area contributed by atoms with Gasteiger partial charge in [-0.3, -0.25) is 0 Å². The highest BCUT2D eigenvalue weighted by atomic mass is 16.3. The molecule has 1 aliphatic rings. The van der Waals surface area contributed by atoms with Gasteiger partial charge in [-0.05, 0) is 12.8 Å². The zero-order valence-electron chi connectivity index (χ0n) is 8.75. The fourth-order valence-corrected chi connectivity index (χ4v) is 1.67. The summed E-state index contributed by atoms with van der Waals surface area (Å²) in [5, 5.41) is 22.1. The maximum atomic E-state index is 9.47. The van der Waals surface area contributed by atoms with Crippen molar-refractivity contribution < 1.29 is 10.2 Å². The highest BCUT2D eigenvalue weighted by molar-refractivity contribution is 5.01. The Labute approximate surface area is 80.2 Å². The second kappa shape index (κ2) is 3.95. The van der Waals surface area contributed by atoms with E-state index in [2.05, 4.69) is 19.2 Å². The molecule has 0 aromatic carbocycles. The second-order valence-corrected chi connectivity index (χ2v) is 4.60. The standard InChI is InChI=1S/C10H21NO2/c1-4-7(12)6-11-8-5-9(13)10(8,2)3/h7-9,11-13H,4-6H2,1-3H3. The summed E-state index contributed by atoms with van der Waals surface area (Å²) in [7, 11) is 0. The minimum Gasteiger partial charge on any atom is -0.392 e. The lowest BCUT2D eigenvalue weighted by Crippen LogP contribution is -2.60. The van der Waals surface area contributed by atoms with Gasteiger partial charge in [0.2, 0.25) is 0 Å². The summed E-state index contributed by atoms with van der Waals surface area (Å²) in [5.41, 5.74) is -0.0343. The van der Waals surface area contributed by atoms with Gasteiger partial charge in [0.25, 0.3) is 0 Å². The third-order valence-electron chi connectivity index (χ3n) is 3.29. The van der Waals surface area contributed by atoms with Crippen molar-refractivity contribution in [2.45, 2.75) is 51.9 Å². The molecule has 1 fully saturated rings. The minimum absolute atomic E-state index is 0.0343. The Morgan fingerprint density at radius 2 is 2.15 bits per heavy atom. The van der Waals surface area contributed by atoms with Crippen LogP contribution >= 0.6 is 0 Å². The number of hydrogen-bond acceptors (Lipinski definition) is 3. The van der Waals surface area contributed by atoms with Crippen LogP contribution in [0, 0.1) is 5.41 Å². The zero-order chi connectivity index (χ0) is 10.1. The predicted octanol–water partition coefficient (Wildman–Crippen LogP) is 0.506. The molecular weight excluding hydrogens is 166 g/mol. The van der Waals surface area contributed by atoms with Crippen molar-refractivity contribution in [3.63, 3.8) is 0 Å². The maximum Gasteiger partial charge on any atom is 0.0662 e. The van der Waals surface area contributed by atoms with Crippen molar-refractivity contribution in [3.8, 4) is 0 Å². The van der Waals surface area contributed by atoms with E-state index < -0.39 is 0 Å². The van der Waals surface area contributed by atoms with E-state index in [9.17, 15) is 10.2 Å². The number of nitrogens with one attached hydrogen (secondary N) is 1. The normalized spacial score (nSPS) is 33.9. The molecule has 0 aromatic heterocycles. The molecule has 3 N–H and O–H groups in total. The lowest BCUT2D eigenvalue weighted by atomic mass is 9.64. The van der Waals surface area contributed by atoms with Gasteiger partial charge in [-0.15, -0.1) is 0 Å². The monoisotopic (exact) mass is 187 g/mol. The first-order valence-electron chi connectivity index (χ1n) is 5.08. The smallest absolute Gasteiger partial charge is 0.0662 e. The van der Waals surface area contributed by atoms with Gasteiger partial charge in [0.1, 0.15) is 0 Å². The van der Waals surface area contributed by atoms with Crippen LogP contribution in [0.25, 0.3) is 0 Å². The van der Waals surface area contributed by atoms with Gasteiger partial charge in [-0.2, -0.15) is 0 Å². The van der Waals surface area contributed by atoms with Gasteiger partial charge in [-0.1, -0.05) is 20.8 Å². The minimum atomic E-state index is -0.256. The van der Waals surface area contributed by atoms with Crippen LogP contribution in [0.1, 0.15) is 33.6 Å². The van der Waals surface area contributed by atoms with E-state index in [1.165, 1.54) is 0 Å². The van der Waals surface area contributed by atoms with Crippen LogP contribution < -0.4 is 5.32 Å². The topological polar surface area (TPSA) is 52.5 Å². The largest absolute Gasteiger partial charge is 0.392 e. The molecule has 0 amide bonds. The van der Waals surface area contributed by atoms with E-state index in [4.69, 9.17) is 0 Å². The van der Waals surface area contributed by atoms with Crippen molar-refractivity contribution in [2.24, 2.45) is 5.41 Å². The Morgan fingerprint density at radius 1 is 1.54 bits per heavy atom. The van der Waals surface area contributed by atoms with Crippen LogP contribution in [0.15, 0.2) is 0 Å². The third-order valence-corrected chi connectivity index (χ3v) is 3.29. The van der Waals surface area contributed by atoms with Crippen molar-refractivity contribution in [3.05, 3.63) is 0 Å². The highest BCUT2D eigenvalue weighted by Crippen LogP contribution is 2.40. The van der Waals surface area contributed by atoms with Gasteiger partial charge >= 0.3 is 0 Å². The fourth-order valence-electron chi connectivity index (χ4n) is 1.67. The van der Waals surface area contributed by atoms with Gasteiger partial charge < -0.3 is 15.5 Å². The molecule has 3 nitrogen and oxygen atoms in total. The summed E-state index contributed by atoms with van der Waals surface area (Å²) < 4.78 is 0. The number of hydrogen-bond donors (Lipinski definition) is 3. The first kappa shape index (κ1) is 11.0. The van der Waals surface area contributed by atoms with E-state index in [0.717, 1.165) is 12.8 Å². The Kier molecular flexibility index (Phi) is 3.33. The van der Waals surface area contributed by atoms with E-state index >= 15 is 0 Å². The van der Waals surface area contributed by atoms with Crippen LogP contribution in [0.3, 0.4) is 0 Å². The Morgan fingerprint density at radius 3 is 2.54 bits per heavy atom. The summed E-state index contributed by atoms with van der Waals surface area (Å²) in [6, 6.07) is 0.351. The van der Waals surface area contributed by atoms with E-state index in [-0.39, 0.29) is 17.6 Å². The number of rotatable bonds is 4. The molecule has 1 aliphatic carbocycles. The Balaban J connectivity index is 2.25. The van der Waals surface area contributed by atoms with Crippen molar-refractivity contribution in [1.29, 1.82) is 0 Å². The summed E-state index contributed by atoms with van der Waals surface area (Å²) in [6.07, 6.45) is 1.14. The molecule has 0 bridgehead atoms. The molecule has 3 atom stereocenters. The van der Waals surface area contributed by atoms with E-state index in [1.807, 2.05) is 6.92 Å². The second-order valence-electron chi connectivity index (χ2n) is 4.60. The van der Waals surface area contributed by atoms with Gasteiger partial charge in [0.05, 0.1) is 12.2 Å². The van der Waals surface area contributed by atoms with Crippen molar-refractivity contribution in [1.82, 2.24) is 5.32 Å². The zero-order valence-corrected chi connectivity index (χ0v) is 8.75. The van der Waals surface area contributed by atoms with Crippen LogP contribution in [0.5, 0.6) is 0 Å². The van der Waals surface area contributed by atoms with Crippen LogP contribution in [-0.2, 0) is 0 Å². The van der Waals surface area contributed by atoms with Crippen LogP contribution in [0.4, 0.5) is 0 Å². The molecule has 0 saturated heterocycles. The average Bonchev–Trinajstić information content (AvgIpc) is 2.11. The lowest BCUT2D eigenvalue weighted by Gasteiger charge is -2.49. The molecule has 0 radical (unpaired) electrons. The third kappa shape index (κ3) is 2.22. The molecule has 78 valence electrons. The first-order valence-corrected chi connectivity index (χ1v) is 5.08. The lowest BCUT2D eigenvalue weighted by molar-refractivity contribution is -0.0748. The molecule has 1 rings (SSSR count). The van der Waals surface area contributed by atoms with E-state index in [1.54, 1.807) is 0 Å². The average molecular weight is 187 g/mol. The Hall–Kier alpha value is -0.120. The summed E-state index contributed by atoms with van der Waals surface area (Å²) in [6.45, 7) is 6.71. The quantitative estimate of drug-likeness (QED) is 0.601. The number of aliphatic hydroxyl groups is 2. The first-order chi connectivity index (χ1) is 5.98. The molecule has 0 aromatic rings. The maximum absolute atomic E-state index is 9.47. The molecule has 13 heavy (non-hydrogen) atoms. The van der Waals surface area contributed by atoms with Gasteiger partial charge in [-0.25, -0.2) is 0 Å². The molecule has 0 aliphatic heterocycles. The summed E-state index contributed by atoms with van der Waals surface area (Å²) in [5.74, 6) is 0. The molecule has 0 heterocycles. The van der Waals surface area contributed by atoms with E-state index in [0.29, 0.717) is 12.6 Å². The van der Waals surface area contributed by atoms with Crippen molar-refractivity contribution >= 4 is 0 Å². The van der Waals surface area contributed by atoms with Crippen LogP contribution in [0.2, 0.25) is 0 Å². The SMILES string of the molecule is CCC(O)CNC1CC(O)C1(C)C. The van der Waals surface area contributed by atoms with Crippen molar-refractivity contribution in [2.75, 3.05) is 6.54 Å². The highest BCUT2D eigenvalue weighted by Gasteiger charge is 2.46. The molecular formula is C10H21NO2. The molecule has 3 heteroatoms. The summed E-state index contributed by atoms with van der Waals surface area (Å²) in [4.78, 5) is 0. The molecule has 0 spiro atoms. The predicted molar refractivity (Wildman–Crippen MR) is 52.5 cm³/mol. The fraction of sp³-hybridized carbons (Fsp3) is 1.00. The van der Waals surface area contributed by atoms with Gasteiger partial charge in [0.15, 0.2) is 0 Å². The summed E-state index contributed by atoms with van der Waals surface area (Å²) >= 11 is 0.